The number of hydrogen-bond acceptors (Lipinski definition) is 5. The number of nitrogens with zero attached hydrogens (tertiary/aromatic N) is 2. The second kappa shape index (κ2) is 8.20. The van der Waals surface area contributed by atoms with Crippen molar-refractivity contribution in [1.29, 1.82) is 0 Å². The minimum atomic E-state index is -1.36. The Hall–Kier alpha value is -2.81. The van der Waals surface area contributed by atoms with Gasteiger partial charge in [-0.15, -0.1) is 0 Å². The highest BCUT2D eigenvalue weighted by molar-refractivity contribution is 6.38. The van der Waals surface area contributed by atoms with Gasteiger partial charge in [-0.1, -0.05) is 18.5 Å². The molecule has 2 heterocycles. The number of rotatable bonds is 4. The monoisotopic (exact) mass is 479 g/mol. The number of aromatic nitrogens is 1. The molecule has 0 spiro atoms. The van der Waals surface area contributed by atoms with E-state index in [1.54, 1.807) is 30.2 Å². The minimum absolute atomic E-state index is 0.0105. The molecule has 0 unspecified atom stereocenters. The zero-order valence-corrected chi connectivity index (χ0v) is 19.7. The Morgan fingerprint density at radius 2 is 1.94 bits per heavy atom. The molecule has 2 aromatic rings. The number of ether oxygens (including phenoxy) is 1. The lowest BCUT2D eigenvalue weighted by Gasteiger charge is -2.24. The third-order valence-corrected chi connectivity index (χ3v) is 6.34. The highest BCUT2D eigenvalue weighted by Gasteiger charge is 2.36. The van der Waals surface area contributed by atoms with Crippen LogP contribution in [0.15, 0.2) is 17.1 Å². The maximum absolute atomic E-state index is 15.3. The summed E-state index contributed by atoms with van der Waals surface area (Å²) >= 11 is 6.70. The number of amides is 1. The first kappa shape index (κ1) is 23.4. The summed E-state index contributed by atoms with van der Waals surface area (Å²) in [5, 5.41) is 12.3. The Balaban J connectivity index is 1.73. The molecule has 1 aliphatic heterocycles. The van der Waals surface area contributed by atoms with Gasteiger partial charge < -0.3 is 24.6 Å². The van der Waals surface area contributed by atoms with Gasteiger partial charge in [0.1, 0.15) is 17.0 Å². The van der Waals surface area contributed by atoms with Gasteiger partial charge in [0, 0.05) is 25.3 Å². The highest BCUT2D eigenvalue weighted by Crippen LogP contribution is 2.43. The van der Waals surface area contributed by atoms with E-state index >= 15 is 4.39 Å². The maximum Gasteiger partial charge on any atom is 0.407 e. The standard InChI is InChI=1S/C23H27ClFN3O5/c1-11-8-27(10-16(11)26-22(32)33-23(2,3)4)19-15(25)7-13-18(17(19)24)28(12-5-6-12)9-14(20(13)29)21(30)31/h7,9,11-12,16H,5-6,8,10H2,1-4H3,(H,26,32)(H,30,31)/t11-,16-/m0/s1. The number of fused-ring (bicyclic) bond motifs is 1. The van der Waals surface area contributed by atoms with E-state index in [4.69, 9.17) is 16.3 Å². The molecule has 2 fully saturated rings. The SMILES string of the molecule is C[C@H]1CN(c2c(F)cc3c(=O)c(C(=O)O)cn(C4CC4)c3c2Cl)C[C@@H]1NC(=O)OC(C)(C)C. The lowest BCUT2D eigenvalue weighted by Crippen LogP contribution is -2.42. The molecule has 2 atom stereocenters. The van der Waals surface area contributed by atoms with E-state index in [-0.39, 0.29) is 34.1 Å². The number of halogens is 2. The second-order valence-corrected chi connectivity index (χ2v) is 10.2. The van der Waals surface area contributed by atoms with Gasteiger partial charge in [-0.05, 0) is 45.6 Å². The van der Waals surface area contributed by atoms with Crippen molar-refractivity contribution in [2.45, 2.75) is 58.2 Å². The van der Waals surface area contributed by atoms with Crippen molar-refractivity contribution in [2.75, 3.05) is 18.0 Å². The molecular formula is C23H27ClFN3O5. The number of alkyl carbamates (subject to hydrolysis) is 1. The summed E-state index contributed by atoms with van der Waals surface area (Å²) in [4.78, 5) is 38.3. The van der Waals surface area contributed by atoms with Gasteiger partial charge in [-0.3, -0.25) is 4.79 Å². The maximum atomic E-state index is 15.3. The Morgan fingerprint density at radius 3 is 2.52 bits per heavy atom. The first-order chi connectivity index (χ1) is 15.4. The molecule has 178 valence electrons. The summed E-state index contributed by atoms with van der Waals surface area (Å²) in [6.45, 7) is 8.00. The van der Waals surface area contributed by atoms with Gasteiger partial charge in [-0.25, -0.2) is 14.0 Å². The molecule has 2 aliphatic rings. The summed E-state index contributed by atoms with van der Waals surface area (Å²) < 4.78 is 22.3. The molecule has 1 amide bonds. The first-order valence-electron chi connectivity index (χ1n) is 10.9. The van der Waals surface area contributed by atoms with Crippen LogP contribution < -0.4 is 15.6 Å². The van der Waals surface area contributed by atoms with E-state index in [9.17, 15) is 19.5 Å². The van der Waals surface area contributed by atoms with Crippen LogP contribution in [0, 0.1) is 11.7 Å². The van der Waals surface area contributed by atoms with E-state index in [0.29, 0.717) is 18.6 Å². The number of carbonyl (C=O) groups excluding carboxylic acids is 1. The lowest BCUT2D eigenvalue weighted by molar-refractivity contribution is 0.0499. The van der Waals surface area contributed by atoms with Crippen LogP contribution in [0.2, 0.25) is 5.02 Å². The number of nitrogens with one attached hydrogen (secondary N) is 1. The molecule has 4 rings (SSSR count). The highest BCUT2D eigenvalue weighted by atomic mass is 35.5. The largest absolute Gasteiger partial charge is 0.477 e. The van der Waals surface area contributed by atoms with E-state index in [1.807, 2.05) is 6.92 Å². The number of carboxylic acids is 1. The van der Waals surface area contributed by atoms with Crippen molar-refractivity contribution in [3.63, 3.8) is 0 Å². The number of benzene rings is 1. The van der Waals surface area contributed by atoms with Crippen molar-refractivity contribution >= 4 is 40.3 Å². The van der Waals surface area contributed by atoms with Crippen molar-refractivity contribution in [2.24, 2.45) is 5.92 Å². The molecule has 0 radical (unpaired) electrons. The Morgan fingerprint density at radius 1 is 1.27 bits per heavy atom. The quantitative estimate of drug-likeness (QED) is 0.682. The first-order valence-corrected chi connectivity index (χ1v) is 11.3. The Kier molecular flexibility index (Phi) is 5.80. The van der Waals surface area contributed by atoms with E-state index in [0.717, 1.165) is 18.9 Å². The fourth-order valence-corrected chi connectivity index (χ4v) is 4.72. The molecule has 2 N–H and O–H groups in total. The van der Waals surface area contributed by atoms with E-state index < -0.39 is 34.5 Å². The van der Waals surface area contributed by atoms with Crippen LogP contribution in [0.3, 0.4) is 0 Å². The lowest BCUT2D eigenvalue weighted by atomic mass is 10.1. The average Bonchev–Trinajstić information content (AvgIpc) is 3.45. The van der Waals surface area contributed by atoms with Gasteiger partial charge in [0.25, 0.3) is 0 Å². The number of carbonyl (C=O) groups is 2. The van der Waals surface area contributed by atoms with Crippen LogP contribution in [-0.4, -0.2) is 46.5 Å². The van der Waals surface area contributed by atoms with Gasteiger partial charge >= 0.3 is 12.1 Å². The van der Waals surface area contributed by atoms with Crippen molar-refractivity contribution in [1.82, 2.24) is 9.88 Å². The van der Waals surface area contributed by atoms with Gasteiger partial charge in [-0.2, -0.15) is 0 Å². The van der Waals surface area contributed by atoms with Crippen LogP contribution in [0.5, 0.6) is 0 Å². The molecule has 1 saturated carbocycles. The summed E-state index contributed by atoms with van der Waals surface area (Å²) in [6, 6.07) is 0.802. The smallest absolute Gasteiger partial charge is 0.407 e. The van der Waals surface area contributed by atoms with Crippen molar-refractivity contribution in [3.8, 4) is 0 Å². The van der Waals surface area contributed by atoms with Crippen LogP contribution in [0.4, 0.5) is 14.9 Å². The number of carboxylic acid groups (broad SMARTS) is 1. The van der Waals surface area contributed by atoms with E-state index in [2.05, 4.69) is 5.32 Å². The van der Waals surface area contributed by atoms with Crippen molar-refractivity contribution < 1.29 is 23.8 Å². The fraction of sp³-hybridized carbons (Fsp3) is 0.522. The third-order valence-electron chi connectivity index (χ3n) is 5.99. The van der Waals surface area contributed by atoms with Crippen LogP contribution in [0.1, 0.15) is 56.9 Å². The van der Waals surface area contributed by atoms with Gasteiger partial charge in [0.15, 0.2) is 0 Å². The van der Waals surface area contributed by atoms with Gasteiger partial charge in [0.05, 0.1) is 27.7 Å². The van der Waals surface area contributed by atoms with Gasteiger partial charge in [0.2, 0.25) is 5.43 Å². The predicted molar refractivity (Wildman–Crippen MR) is 123 cm³/mol. The Bertz CT molecular complexity index is 1200. The summed E-state index contributed by atoms with van der Waals surface area (Å²) in [7, 11) is 0. The number of hydrogen-bond donors (Lipinski definition) is 2. The molecule has 1 aromatic heterocycles. The Labute approximate surface area is 195 Å². The molecule has 1 saturated heterocycles. The summed E-state index contributed by atoms with van der Waals surface area (Å²) in [6.07, 6.45) is 2.40. The normalized spacial score (nSPS) is 20.8. The van der Waals surface area contributed by atoms with Crippen LogP contribution in [-0.2, 0) is 4.74 Å². The summed E-state index contributed by atoms with van der Waals surface area (Å²) in [5.74, 6) is -2.08. The number of pyridine rings is 1. The number of anilines is 1. The van der Waals surface area contributed by atoms with Crippen molar-refractivity contribution in [3.05, 3.63) is 38.9 Å². The zero-order chi connectivity index (χ0) is 24.2. The third kappa shape index (κ3) is 4.51. The molecule has 1 aliphatic carbocycles. The average molecular weight is 480 g/mol. The molecule has 10 heteroatoms. The number of aromatic carboxylic acids is 1. The molecule has 0 bridgehead atoms. The summed E-state index contributed by atoms with van der Waals surface area (Å²) in [5.41, 5.74) is -1.33. The predicted octanol–water partition coefficient (Wildman–Crippen LogP) is 4.18. The zero-order valence-electron chi connectivity index (χ0n) is 18.9. The van der Waals surface area contributed by atoms with Crippen LogP contribution >= 0.6 is 11.6 Å². The molecular weight excluding hydrogens is 453 g/mol. The molecule has 33 heavy (non-hydrogen) atoms. The van der Waals surface area contributed by atoms with E-state index in [1.165, 1.54) is 6.20 Å². The molecule has 8 nitrogen and oxygen atoms in total. The fourth-order valence-electron chi connectivity index (χ4n) is 4.31. The van der Waals surface area contributed by atoms with Crippen LogP contribution in [0.25, 0.3) is 10.9 Å². The second-order valence-electron chi connectivity index (χ2n) is 9.87. The topological polar surface area (TPSA) is 101 Å². The minimum Gasteiger partial charge on any atom is -0.477 e. The molecule has 1 aromatic carbocycles.